The smallest absolute Gasteiger partial charge is 0.255 e. The van der Waals surface area contributed by atoms with Crippen LogP contribution in [0.25, 0.3) is 0 Å². The lowest BCUT2D eigenvalue weighted by Crippen LogP contribution is -2.30. The number of carbonyl (C=O) groups excluding carboxylic acids is 1. The van der Waals surface area contributed by atoms with E-state index in [1.807, 2.05) is 14.1 Å². The van der Waals surface area contributed by atoms with Gasteiger partial charge in [-0.3, -0.25) is 4.79 Å². The van der Waals surface area contributed by atoms with Crippen LogP contribution in [0, 0.1) is 0 Å². The maximum Gasteiger partial charge on any atom is 0.255 e. The lowest BCUT2D eigenvalue weighted by Gasteiger charge is -2.19. The molecule has 19 heavy (non-hydrogen) atoms. The van der Waals surface area contributed by atoms with Gasteiger partial charge in [0.2, 0.25) is 0 Å². The van der Waals surface area contributed by atoms with E-state index in [2.05, 4.69) is 4.90 Å². The first-order chi connectivity index (χ1) is 8.95. The Morgan fingerprint density at radius 2 is 1.95 bits per heavy atom. The number of hydrogen-bond donors (Lipinski definition) is 1. The summed E-state index contributed by atoms with van der Waals surface area (Å²) in [4.78, 5) is 16.1. The molecule has 1 rings (SSSR count). The Hall–Kier alpha value is -1.75. The van der Waals surface area contributed by atoms with Gasteiger partial charge < -0.3 is 20.3 Å². The SMILES string of the molecule is COc1ccc(N)c(C(=O)N(C)CCCN(C)C)c1. The van der Waals surface area contributed by atoms with Crippen molar-refractivity contribution in [1.29, 1.82) is 0 Å². The van der Waals surface area contributed by atoms with E-state index in [1.54, 1.807) is 37.3 Å². The lowest BCUT2D eigenvalue weighted by atomic mass is 10.1. The third-order valence-corrected chi connectivity index (χ3v) is 2.94. The van der Waals surface area contributed by atoms with Crippen molar-refractivity contribution in [3.8, 4) is 5.75 Å². The van der Waals surface area contributed by atoms with Gasteiger partial charge in [-0.1, -0.05) is 0 Å². The Labute approximate surface area is 114 Å². The number of benzene rings is 1. The highest BCUT2D eigenvalue weighted by molar-refractivity contribution is 5.99. The number of ether oxygens (including phenoxy) is 1. The molecular weight excluding hydrogens is 242 g/mol. The Balaban J connectivity index is 2.70. The highest BCUT2D eigenvalue weighted by Gasteiger charge is 2.15. The van der Waals surface area contributed by atoms with Crippen LogP contribution in [0.5, 0.6) is 5.75 Å². The van der Waals surface area contributed by atoms with Crippen LogP contribution in [-0.4, -0.2) is 57.0 Å². The number of rotatable bonds is 6. The molecule has 0 fully saturated rings. The number of methoxy groups -OCH3 is 1. The molecule has 1 aromatic rings. The molecule has 0 aliphatic carbocycles. The van der Waals surface area contributed by atoms with Gasteiger partial charge in [0.25, 0.3) is 5.91 Å². The second kappa shape index (κ2) is 6.99. The molecule has 0 heterocycles. The summed E-state index contributed by atoms with van der Waals surface area (Å²) in [5, 5.41) is 0. The van der Waals surface area contributed by atoms with Crippen LogP contribution in [-0.2, 0) is 0 Å². The van der Waals surface area contributed by atoms with Gasteiger partial charge in [-0.15, -0.1) is 0 Å². The summed E-state index contributed by atoms with van der Waals surface area (Å²) in [6.45, 7) is 1.65. The van der Waals surface area contributed by atoms with E-state index >= 15 is 0 Å². The van der Waals surface area contributed by atoms with Gasteiger partial charge in [-0.05, 0) is 45.3 Å². The van der Waals surface area contributed by atoms with Gasteiger partial charge in [-0.25, -0.2) is 0 Å². The number of nitrogens with zero attached hydrogens (tertiary/aromatic N) is 2. The highest BCUT2D eigenvalue weighted by Crippen LogP contribution is 2.20. The Morgan fingerprint density at radius 1 is 1.26 bits per heavy atom. The van der Waals surface area contributed by atoms with Crippen LogP contribution in [0.4, 0.5) is 5.69 Å². The standard InChI is InChI=1S/C14H23N3O2/c1-16(2)8-5-9-17(3)14(18)12-10-11(19-4)6-7-13(12)15/h6-7,10H,5,8-9,15H2,1-4H3. The van der Waals surface area contributed by atoms with Gasteiger partial charge in [0.15, 0.2) is 0 Å². The van der Waals surface area contributed by atoms with Crippen molar-refractivity contribution < 1.29 is 9.53 Å². The maximum atomic E-state index is 12.3. The van der Waals surface area contributed by atoms with E-state index in [-0.39, 0.29) is 5.91 Å². The van der Waals surface area contributed by atoms with Crippen molar-refractivity contribution in [2.45, 2.75) is 6.42 Å². The zero-order valence-electron chi connectivity index (χ0n) is 12.1. The average Bonchev–Trinajstić information content (AvgIpc) is 2.38. The van der Waals surface area contributed by atoms with Crippen LogP contribution in [0.3, 0.4) is 0 Å². The van der Waals surface area contributed by atoms with Crippen LogP contribution in [0.2, 0.25) is 0 Å². The zero-order chi connectivity index (χ0) is 14.4. The van der Waals surface area contributed by atoms with Crippen molar-refractivity contribution in [2.24, 2.45) is 0 Å². The summed E-state index contributed by atoms with van der Waals surface area (Å²) in [5.74, 6) is 0.564. The van der Waals surface area contributed by atoms with E-state index in [9.17, 15) is 4.79 Å². The third kappa shape index (κ3) is 4.44. The molecule has 0 aromatic heterocycles. The number of carbonyl (C=O) groups is 1. The van der Waals surface area contributed by atoms with Crippen LogP contribution in [0.1, 0.15) is 16.8 Å². The summed E-state index contributed by atoms with van der Waals surface area (Å²) in [5.41, 5.74) is 6.82. The maximum absolute atomic E-state index is 12.3. The average molecular weight is 265 g/mol. The molecule has 0 bridgehead atoms. The molecule has 0 unspecified atom stereocenters. The van der Waals surface area contributed by atoms with Gasteiger partial charge in [0.05, 0.1) is 12.7 Å². The quantitative estimate of drug-likeness (QED) is 0.788. The molecule has 5 heteroatoms. The van der Waals surface area contributed by atoms with E-state index in [4.69, 9.17) is 10.5 Å². The molecule has 1 aromatic carbocycles. The number of nitrogens with two attached hydrogens (primary N) is 1. The third-order valence-electron chi connectivity index (χ3n) is 2.94. The van der Waals surface area contributed by atoms with E-state index in [1.165, 1.54) is 0 Å². The van der Waals surface area contributed by atoms with Crippen molar-refractivity contribution >= 4 is 11.6 Å². The minimum Gasteiger partial charge on any atom is -0.497 e. The molecule has 0 saturated carbocycles. The summed E-state index contributed by atoms with van der Waals surface area (Å²) >= 11 is 0. The fourth-order valence-corrected chi connectivity index (χ4v) is 1.78. The van der Waals surface area contributed by atoms with E-state index in [0.717, 1.165) is 13.0 Å². The molecule has 1 amide bonds. The summed E-state index contributed by atoms with van der Waals surface area (Å²) in [6, 6.07) is 5.12. The topological polar surface area (TPSA) is 58.8 Å². The van der Waals surface area contributed by atoms with Crippen LogP contribution < -0.4 is 10.5 Å². The summed E-state index contributed by atoms with van der Waals surface area (Å²) < 4.78 is 5.12. The molecule has 0 atom stereocenters. The fourth-order valence-electron chi connectivity index (χ4n) is 1.78. The summed E-state index contributed by atoms with van der Waals surface area (Å²) in [7, 11) is 7.39. The van der Waals surface area contributed by atoms with Crippen molar-refractivity contribution in [2.75, 3.05) is 47.1 Å². The molecule has 0 radical (unpaired) electrons. The zero-order valence-corrected chi connectivity index (χ0v) is 12.1. The monoisotopic (exact) mass is 265 g/mol. The molecule has 2 N–H and O–H groups in total. The van der Waals surface area contributed by atoms with E-state index < -0.39 is 0 Å². The molecule has 0 saturated heterocycles. The number of anilines is 1. The Bertz CT molecular complexity index is 433. The first-order valence-electron chi connectivity index (χ1n) is 6.29. The fraction of sp³-hybridized carbons (Fsp3) is 0.500. The Kier molecular flexibility index (Phi) is 5.63. The number of amides is 1. The van der Waals surface area contributed by atoms with E-state index in [0.29, 0.717) is 23.5 Å². The molecule has 0 aliphatic rings. The highest BCUT2D eigenvalue weighted by atomic mass is 16.5. The minimum atomic E-state index is -0.0739. The molecule has 0 spiro atoms. The molecule has 106 valence electrons. The molecule has 0 aliphatic heterocycles. The van der Waals surface area contributed by atoms with Gasteiger partial charge >= 0.3 is 0 Å². The first kappa shape index (κ1) is 15.3. The Morgan fingerprint density at radius 3 is 2.53 bits per heavy atom. The lowest BCUT2D eigenvalue weighted by molar-refractivity contribution is 0.0791. The van der Waals surface area contributed by atoms with Gasteiger partial charge in [0.1, 0.15) is 5.75 Å². The van der Waals surface area contributed by atoms with Gasteiger partial charge in [-0.2, -0.15) is 0 Å². The predicted molar refractivity (Wildman–Crippen MR) is 77.5 cm³/mol. The second-order valence-corrected chi connectivity index (χ2v) is 4.84. The second-order valence-electron chi connectivity index (χ2n) is 4.84. The normalized spacial score (nSPS) is 10.6. The van der Waals surface area contributed by atoms with Crippen molar-refractivity contribution in [3.05, 3.63) is 23.8 Å². The summed E-state index contributed by atoms with van der Waals surface area (Å²) in [6.07, 6.45) is 0.930. The first-order valence-corrected chi connectivity index (χ1v) is 6.29. The van der Waals surface area contributed by atoms with Crippen molar-refractivity contribution in [3.63, 3.8) is 0 Å². The van der Waals surface area contributed by atoms with Crippen LogP contribution in [0.15, 0.2) is 18.2 Å². The number of hydrogen-bond acceptors (Lipinski definition) is 4. The number of nitrogen functional groups attached to an aromatic ring is 1. The van der Waals surface area contributed by atoms with Crippen LogP contribution >= 0.6 is 0 Å². The van der Waals surface area contributed by atoms with Gasteiger partial charge in [0, 0.05) is 19.3 Å². The van der Waals surface area contributed by atoms with Crippen molar-refractivity contribution in [1.82, 2.24) is 9.80 Å². The predicted octanol–water partition coefficient (Wildman–Crippen LogP) is 1.30. The minimum absolute atomic E-state index is 0.0739. The largest absolute Gasteiger partial charge is 0.497 e. The molecular formula is C14H23N3O2. The molecule has 5 nitrogen and oxygen atoms in total.